The third-order valence-electron chi connectivity index (χ3n) is 7.17. The molecule has 228 valence electrons. The number of tetrazole rings is 1. The first-order valence-electron chi connectivity index (χ1n) is 14.0. The molecule has 10 nitrogen and oxygen atoms in total. The van der Waals surface area contributed by atoms with Gasteiger partial charge in [-0.2, -0.15) is 5.21 Å². The monoisotopic (exact) mass is 605 g/mol. The van der Waals surface area contributed by atoms with E-state index in [9.17, 15) is 22.8 Å². The first kappa shape index (κ1) is 30.3. The summed E-state index contributed by atoms with van der Waals surface area (Å²) >= 11 is 0. The molecule has 1 aliphatic carbocycles. The number of anilines is 2. The van der Waals surface area contributed by atoms with Gasteiger partial charge in [-0.25, -0.2) is 4.79 Å². The van der Waals surface area contributed by atoms with Crippen LogP contribution in [0.5, 0.6) is 5.75 Å². The molecule has 4 aromatic rings. The molecule has 0 fully saturated rings. The summed E-state index contributed by atoms with van der Waals surface area (Å²) in [4.78, 5) is 27.8. The van der Waals surface area contributed by atoms with Gasteiger partial charge in [-0.05, 0) is 96.5 Å². The van der Waals surface area contributed by atoms with Crippen molar-refractivity contribution in [3.8, 4) is 5.75 Å². The number of amides is 3. The summed E-state index contributed by atoms with van der Waals surface area (Å²) < 4.78 is 41.6. The number of carbonyl (C=O) groups excluding carboxylic acids is 2. The second-order valence-corrected chi connectivity index (χ2v) is 10.3. The van der Waals surface area contributed by atoms with Gasteiger partial charge in [0.25, 0.3) is 11.9 Å². The number of allylic oxidation sites excluding steroid dienone is 2. The van der Waals surface area contributed by atoms with Crippen LogP contribution in [-0.4, -0.2) is 38.9 Å². The number of H-pyrrole nitrogens is 1. The van der Waals surface area contributed by atoms with Crippen LogP contribution < -0.4 is 20.3 Å². The predicted octanol–water partition coefficient (Wildman–Crippen LogP) is 6.79. The molecule has 0 aliphatic heterocycles. The van der Waals surface area contributed by atoms with Gasteiger partial charge in [0, 0.05) is 11.3 Å². The van der Waals surface area contributed by atoms with Crippen LogP contribution in [0.3, 0.4) is 0 Å². The van der Waals surface area contributed by atoms with E-state index in [1.165, 1.54) is 36.3 Å². The lowest BCUT2D eigenvalue weighted by Crippen LogP contribution is -2.40. The van der Waals surface area contributed by atoms with Crippen LogP contribution in [0.15, 0.2) is 78.9 Å². The fourth-order valence-corrected chi connectivity index (χ4v) is 4.87. The number of halogens is 3. The Bertz CT molecular complexity index is 1590. The standard InChI is InChI=1S/C31H30F3N7O3/c1-20(22-13-17-27(18-14-22)44-31(32,33)34)35-30(43)41(26-15-11-24(12-16-26)23-5-3-2-4-6-23)19-21-7-9-25(10-8-21)28(42)36-29-37-39-40-38-29/h5,7-18,20H,2-4,6,19H2,1H3,(H,35,43)(H2,36,37,38,39,40,42). The Kier molecular flexibility index (Phi) is 9.22. The number of nitrogens with one attached hydrogen (secondary N) is 3. The van der Waals surface area contributed by atoms with E-state index in [0.717, 1.165) is 30.4 Å². The van der Waals surface area contributed by atoms with E-state index < -0.39 is 24.3 Å². The number of ether oxygens (including phenoxy) is 1. The first-order chi connectivity index (χ1) is 21.1. The number of aromatic amines is 1. The smallest absolute Gasteiger partial charge is 0.406 e. The zero-order chi connectivity index (χ0) is 31.1. The number of urea groups is 1. The summed E-state index contributed by atoms with van der Waals surface area (Å²) in [6, 6.07) is 19.0. The van der Waals surface area contributed by atoms with E-state index >= 15 is 0 Å². The Hall–Kier alpha value is -5.20. The van der Waals surface area contributed by atoms with Gasteiger partial charge in [0.1, 0.15) is 5.75 Å². The largest absolute Gasteiger partial charge is 0.573 e. The average molecular weight is 606 g/mol. The van der Waals surface area contributed by atoms with E-state index in [1.807, 2.05) is 24.3 Å². The molecule has 0 spiro atoms. The molecule has 1 aromatic heterocycles. The minimum absolute atomic E-state index is 0.0472. The summed E-state index contributed by atoms with van der Waals surface area (Å²) in [7, 11) is 0. The lowest BCUT2D eigenvalue weighted by molar-refractivity contribution is -0.274. The summed E-state index contributed by atoms with van der Waals surface area (Å²) in [5.74, 6) is -0.712. The lowest BCUT2D eigenvalue weighted by atomic mass is 9.93. The maximum absolute atomic E-state index is 13.7. The normalized spacial score (nSPS) is 13.9. The van der Waals surface area contributed by atoms with E-state index in [0.29, 0.717) is 16.8 Å². The molecule has 3 amide bonds. The van der Waals surface area contributed by atoms with Crippen molar-refractivity contribution >= 4 is 29.1 Å². The zero-order valence-electron chi connectivity index (χ0n) is 23.8. The van der Waals surface area contributed by atoms with E-state index in [2.05, 4.69) is 42.1 Å². The summed E-state index contributed by atoms with van der Waals surface area (Å²) in [6.45, 7) is 1.93. The van der Waals surface area contributed by atoms with Gasteiger partial charge in [0.2, 0.25) is 0 Å². The molecule has 1 aliphatic rings. The Morgan fingerprint density at radius 3 is 2.34 bits per heavy atom. The topological polar surface area (TPSA) is 125 Å². The molecule has 44 heavy (non-hydrogen) atoms. The molecule has 5 rings (SSSR count). The number of rotatable bonds is 9. The second-order valence-electron chi connectivity index (χ2n) is 10.3. The minimum Gasteiger partial charge on any atom is -0.406 e. The quantitative estimate of drug-likeness (QED) is 0.193. The van der Waals surface area contributed by atoms with Crippen LogP contribution in [0.2, 0.25) is 0 Å². The predicted molar refractivity (Wildman–Crippen MR) is 158 cm³/mol. The van der Waals surface area contributed by atoms with Crippen LogP contribution in [0, 0.1) is 0 Å². The number of benzene rings is 3. The molecule has 1 unspecified atom stereocenters. The molecular formula is C31H30F3N7O3. The van der Waals surface area contributed by atoms with Gasteiger partial charge in [-0.1, -0.05) is 47.6 Å². The molecule has 0 saturated heterocycles. The molecule has 1 atom stereocenters. The van der Waals surface area contributed by atoms with Gasteiger partial charge in [0.05, 0.1) is 12.6 Å². The molecule has 0 bridgehead atoms. The van der Waals surface area contributed by atoms with Crippen molar-refractivity contribution in [2.75, 3.05) is 10.2 Å². The molecule has 1 heterocycles. The molecule has 0 radical (unpaired) electrons. The molecule has 3 aromatic carbocycles. The Balaban J connectivity index is 1.33. The van der Waals surface area contributed by atoms with Crippen molar-refractivity contribution in [1.82, 2.24) is 25.9 Å². The highest BCUT2D eigenvalue weighted by Crippen LogP contribution is 2.29. The Morgan fingerprint density at radius 1 is 1.00 bits per heavy atom. The average Bonchev–Trinajstić information content (AvgIpc) is 3.53. The maximum Gasteiger partial charge on any atom is 0.573 e. The Labute approximate surface area is 251 Å². The zero-order valence-corrected chi connectivity index (χ0v) is 23.8. The van der Waals surface area contributed by atoms with Crippen LogP contribution >= 0.6 is 0 Å². The maximum atomic E-state index is 13.7. The van der Waals surface area contributed by atoms with E-state index in [4.69, 9.17) is 0 Å². The van der Waals surface area contributed by atoms with Gasteiger partial charge in [-0.3, -0.25) is 15.0 Å². The number of aromatic nitrogens is 4. The van der Waals surface area contributed by atoms with Gasteiger partial charge < -0.3 is 10.1 Å². The van der Waals surface area contributed by atoms with E-state index in [-0.39, 0.29) is 18.2 Å². The fraction of sp³-hybridized carbons (Fsp3) is 0.258. The summed E-state index contributed by atoms with van der Waals surface area (Å²) in [5, 5.41) is 18.5. The number of nitrogens with zero attached hydrogens (tertiary/aromatic N) is 4. The van der Waals surface area contributed by atoms with Gasteiger partial charge >= 0.3 is 12.4 Å². The number of carbonyl (C=O) groups is 2. The SMILES string of the molecule is CC(NC(=O)N(Cc1ccc(C(=O)Nc2nn[nH]n2)cc1)c1ccc(C2=CCCCC2)cc1)c1ccc(OC(F)(F)F)cc1. The van der Waals surface area contributed by atoms with Gasteiger partial charge in [0.15, 0.2) is 0 Å². The highest BCUT2D eigenvalue weighted by Gasteiger charge is 2.31. The minimum atomic E-state index is -4.79. The highest BCUT2D eigenvalue weighted by atomic mass is 19.4. The van der Waals surface area contributed by atoms with Crippen molar-refractivity contribution < 1.29 is 27.5 Å². The third-order valence-corrected chi connectivity index (χ3v) is 7.17. The van der Waals surface area contributed by atoms with E-state index in [1.54, 1.807) is 36.1 Å². The fourth-order valence-electron chi connectivity index (χ4n) is 4.87. The third kappa shape index (κ3) is 8.00. The molecular weight excluding hydrogens is 575 g/mol. The second kappa shape index (κ2) is 13.4. The summed E-state index contributed by atoms with van der Waals surface area (Å²) in [5.41, 5.74) is 4.79. The molecule has 3 N–H and O–H groups in total. The van der Waals surface area contributed by atoms with Crippen molar-refractivity contribution in [3.05, 3.63) is 101 Å². The van der Waals surface area contributed by atoms with Crippen LogP contribution in [-0.2, 0) is 6.54 Å². The molecule has 13 heteroatoms. The first-order valence-corrected chi connectivity index (χ1v) is 14.0. The van der Waals surface area contributed by atoms with Crippen molar-refractivity contribution in [1.29, 1.82) is 0 Å². The number of alkyl halides is 3. The lowest BCUT2D eigenvalue weighted by Gasteiger charge is -2.26. The van der Waals surface area contributed by atoms with Crippen LogP contribution in [0.1, 0.15) is 65.7 Å². The van der Waals surface area contributed by atoms with Gasteiger partial charge in [-0.15, -0.1) is 18.3 Å². The van der Waals surface area contributed by atoms with Crippen molar-refractivity contribution in [3.63, 3.8) is 0 Å². The Morgan fingerprint density at radius 2 is 1.73 bits per heavy atom. The number of hydrogen-bond donors (Lipinski definition) is 3. The van der Waals surface area contributed by atoms with Crippen molar-refractivity contribution in [2.24, 2.45) is 0 Å². The van der Waals surface area contributed by atoms with Crippen molar-refractivity contribution in [2.45, 2.75) is 51.6 Å². The van der Waals surface area contributed by atoms with Crippen LogP contribution in [0.4, 0.5) is 29.6 Å². The van der Waals surface area contributed by atoms with Crippen LogP contribution in [0.25, 0.3) is 5.57 Å². The number of hydrogen-bond acceptors (Lipinski definition) is 6. The molecule has 0 saturated carbocycles. The highest BCUT2D eigenvalue weighted by molar-refractivity contribution is 6.03. The summed E-state index contributed by atoms with van der Waals surface area (Å²) in [6.07, 6.45) is 1.86.